The molecule has 3 nitrogen and oxygen atoms in total. The van der Waals surface area contributed by atoms with Gasteiger partial charge in [-0.05, 0) is 17.0 Å². The Kier molecular flexibility index (Phi) is 4.75. The number of hydrogen-bond donors (Lipinski definition) is 2. The molecule has 0 aromatic heterocycles. The normalized spacial score (nSPS) is 11.9. The van der Waals surface area contributed by atoms with Crippen LogP contribution in [0.15, 0.2) is 36.4 Å². The molecule has 0 amide bonds. The van der Waals surface area contributed by atoms with Crippen LogP contribution >= 0.6 is 12.4 Å². The van der Waals surface area contributed by atoms with Gasteiger partial charge in [-0.3, -0.25) is 0 Å². The van der Waals surface area contributed by atoms with Gasteiger partial charge in [0.2, 0.25) is 0 Å². The second-order valence-electron chi connectivity index (χ2n) is 3.74. The summed E-state index contributed by atoms with van der Waals surface area (Å²) >= 11 is 0. The minimum absolute atomic E-state index is 0. The highest BCUT2D eigenvalue weighted by molar-refractivity contribution is 5.91. The Bertz CT molecular complexity index is 502. The molecule has 2 aromatic carbocycles. The quantitative estimate of drug-likeness (QED) is 0.881. The van der Waals surface area contributed by atoms with E-state index in [9.17, 15) is 0 Å². The van der Waals surface area contributed by atoms with Gasteiger partial charge in [0.15, 0.2) is 0 Å². The average molecular weight is 253 g/mol. The van der Waals surface area contributed by atoms with Crippen molar-refractivity contribution < 1.29 is 4.74 Å². The molecular formula is C13H17ClN2O. The van der Waals surface area contributed by atoms with Gasteiger partial charge in [-0.2, -0.15) is 0 Å². The molecule has 0 saturated carbocycles. The summed E-state index contributed by atoms with van der Waals surface area (Å²) in [6.45, 7) is 0.441. The molecule has 1 atom stereocenters. The Hall–Kier alpha value is -1.29. The predicted octanol–water partition coefficient (Wildman–Crippen LogP) is 2.23. The van der Waals surface area contributed by atoms with Crippen LogP contribution in [0.4, 0.5) is 0 Å². The molecule has 4 N–H and O–H groups in total. The van der Waals surface area contributed by atoms with Crippen LogP contribution in [0.2, 0.25) is 0 Å². The maximum atomic E-state index is 5.99. The largest absolute Gasteiger partial charge is 0.496 e. The molecule has 0 heterocycles. The van der Waals surface area contributed by atoms with Crippen LogP contribution in [0.3, 0.4) is 0 Å². The number of halogens is 1. The van der Waals surface area contributed by atoms with E-state index >= 15 is 0 Å². The molecule has 4 heteroatoms. The van der Waals surface area contributed by atoms with Gasteiger partial charge in [0.05, 0.1) is 7.11 Å². The van der Waals surface area contributed by atoms with Crippen molar-refractivity contribution in [3.05, 3.63) is 42.0 Å². The molecule has 0 unspecified atom stereocenters. The molecule has 0 aliphatic carbocycles. The molecule has 0 aliphatic rings. The van der Waals surface area contributed by atoms with Crippen molar-refractivity contribution in [3.8, 4) is 5.75 Å². The number of hydrogen-bond acceptors (Lipinski definition) is 3. The first kappa shape index (κ1) is 13.8. The fourth-order valence-electron chi connectivity index (χ4n) is 1.92. The van der Waals surface area contributed by atoms with E-state index in [0.717, 1.165) is 22.1 Å². The van der Waals surface area contributed by atoms with E-state index in [1.165, 1.54) is 0 Å². The van der Waals surface area contributed by atoms with Gasteiger partial charge < -0.3 is 16.2 Å². The average Bonchev–Trinajstić information content (AvgIpc) is 2.36. The van der Waals surface area contributed by atoms with Crippen molar-refractivity contribution in [2.24, 2.45) is 11.5 Å². The van der Waals surface area contributed by atoms with E-state index in [1.807, 2.05) is 36.4 Å². The number of nitrogens with two attached hydrogens (primary N) is 2. The molecule has 0 saturated heterocycles. The smallest absolute Gasteiger partial charge is 0.126 e. The van der Waals surface area contributed by atoms with Crippen LogP contribution in [0, 0.1) is 0 Å². The Morgan fingerprint density at radius 2 is 1.76 bits per heavy atom. The van der Waals surface area contributed by atoms with Crippen LogP contribution < -0.4 is 16.2 Å². The second kappa shape index (κ2) is 5.87. The standard InChI is InChI=1S/C13H16N2O.ClH/c1-16-13-7-6-10(12(15)8-14)9-4-2-3-5-11(9)13;/h2-7,12H,8,14-15H2,1H3;1H/t12-;/m0./s1. The third-order valence-electron chi connectivity index (χ3n) is 2.79. The van der Waals surface area contributed by atoms with Crippen molar-refractivity contribution in [1.82, 2.24) is 0 Å². The van der Waals surface area contributed by atoms with Gasteiger partial charge in [0, 0.05) is 18.0 Å². The summed E-state index contributed by atoms with van der Waals surface area (Å²) in [5.41, 5.74) is 12.7. The maximum Gasteiger partial charge on any atom is 0.126 e. The lowest BCUT2D eigenvalue weighted by Gasteiger charge is -2.14. The molecule has 0 spiro atoms. The van der Waals surface area contributed by atoms with E-state index in [1.54, 1.807) is 7.11 Å². The van der Waals surface area contributed by atoms with Crippen molar-refractivity contribution in [2.45, 2.75) is 6.04 Å². The first-order valence-electron chi connectivity index (χ1n) is 5.29. The van der Waals surface area contributed by atoms with Crippen LogP contribution in [0.5, 0.6) is 5.75 Å². The fourth-order valence-corrected chi connectivity index (χ4v) is 1.92. The van der Waals surface area contributed by atoms with Gasteiger partial charge in [-0.15, -0.1) is 12.4 Å². The summed E-state index contributed by atoms with van der Waals surface area (Å²) in [6, 6.07) is 11.8. The SMILES string of the molecule is COc1ccc([C@@H](N)CN)c2ccccc12.Cl. The molecule has 17 heavy (non-hydrogen) atoms. The predicted molar refractivity (Wildman–Crippen MR) is 73.7 cm³/mol. The number of ether oxygens (including phenoxy) is 1. The Morgan fingerprint density at radius 1 is 1.12 bits per heavy atom. The lowest BCUT2D eigenvalue weighted by Crippen LogP contribution is -2.20. The third kappa shape index (κ3) is 2.52. The summed E-state index contributed by atoms with van der Waals surface area (Å²) < 4.78 is 5.32. The molecule has 2 aromatic rings. The van der Waals surface area contributed by atoms with E-state index in [-0.39, 0.29) is 18.4 Å². The molecule has 92 valence electrons. The minimum atomic E-state index is -0.129. The van der Waals surface area contributed by atoms with Crippen LogP contribution in [-0.4, -0.2) is 13.7 Å². The van der Waals surface area contributed by atoms with Gasteiger partial charge in [-0.25, -0.2) is 0 Å². The maximum absolute atomic E-state index is 5.99. The molecule has 0 aliphatic heterocycles. The summed E-state index contributed by atoms with van der Waals surface area (Å²) in [5, 5.41) is 2.19. The van der Waals surface area contributed by atoms with Crippen LogP contribution in [0.1, 0.15) is 11.6 Å². The first-order valence-corrected chi connectivity index (χ1v) is 5.29. The third-order valence-corrected chi connectivity index (χ3v) is 2.79. The number of methoxy groups -OCH3 is 1. The van der Waals surface area contributed by atoms with E-state index in [2.05, 4.69) is 0 Å². The monoisotopic (exact) mass is 252 g/mol. The highest BCUT2D eigenvalue weighted by Gasteiger charge is 2.10. The molecule has 0 fully saturated rings. The van der Waals surface area contributed by atoms with Gasteiger partial charge in [0.25, 0.3) is 0 Å². The van der Waals surface area contributed by atoms with Crippen molar-refractivity contribution >= 4 is 23.2 Å². The zero-order valence-corrected chi connectivity index (χ0v) is 10.5. The zero-order chi connectivity index (χ0) is 11.5. The van der Waals surface area contributed by atoms with E-state index < -0.39 is 0 Å². The summed E-state index contributed by atoms with van der Waals surface area (Å²) in [4.78, 5) is 0. The first-order chi connectivity index (χ1) is 7.77. The Morgan fingerprint density at radius 3 is 2.35 bits per heavy atom. The molecule has 0 radical (unpaired) electrons. The highest BCUT2D eigenvalue weighted by Crippen LogP contribution is 2.30. The fraction of sp³-hybridized carbons (Fsp3) is 0.231. The summed E-state index contributed by atoms with van der Waals surface area (Å²) in [7, 11) is 1.67. The number of fused-ring (bicyclic) bond motifs is 1. The van der Waals surface area contributed by atoms with Crippen molar-refractivity contribution in [2.75, 3.05) is 13.7 Å². The highest BCUT2D eigenvalue weighted by atomic mass is 35.5. The zero-order valence-electron chi connectivity index (χ0n) is 9.72. The lowest BCUT2D eigenvalue weighted by molar-refractivity contribution is 0.419. The van der Waals surface area contributed by atoms with E-state index in [0.29, 0.717) is 6.54 Å². The number of rotatable bonds is 3. The number of benzene rings is 2. The Balaban J connectivity index is 0.00000144. The van der Waals surface area contributed by atoms with E-state index in [4.69, 9.17) is 16.2 Å². The Labute approximate surface area is 107 Å². The van der Waals surface area contributed by atoms with Crippen molar-refractivity contribution in [3.63, 3.8) is 0 Å². The van der Waals surface area contributed by atoms with Crippen LogP contribution in [-0.2, 0) is 0 Å². The molecular weight excluding hydrogens is 236 g/mol. The van der Waals surface area contributed by atoms with Gasteiger partial charge in [0.1, 0.15) is 5.75 Å². The summed E-state index contributed by atoms with van der Waals surface area (Å²) in [5.74, 6) is 0.864. The van der Waals surface area contributed by atoms with Crippen LogP contribution in [0.25, 0.3) is 10.8 Å². The van der Waals surface area contributed by atoms with Crippen molar-refractivity contribution in [1.29, 1.82) is 0 Å². The minimum Gasteiger partial charge on any atom is -0.496 e. The lowest BCUT2D eigenvalue weighted by atomic mass is 9.98. The topological polar surface area (TPSA) is 61.3 Å². The second-order valence-corrected chi connectivity index (χ2v) is 3.74. The molecule has 0 bridgehead atoms. The summed E-state index contributed by atoms with van der Waals surface area (Å²) in [6.07, 6.45) is 0. The van der Waals surface area contributed by atoms with Gasteiger partial charge in [-0.1, -0.05) is 30.3 Å². The van der Waals surface area contributed by atoms with Gasteiger partial charge >= 0.3 is 0 Å². The molecule has 2 rings (SSSR count).